The molecule has 2 saturated heterocycles. The quantitative estimate of drug-likeness (QED) is 0.708. The van der Waals surface area contributed by atoms with E-state index >= 15 is 0 Å². The van der Waals surface area contributed by atoms with Gasteiger partial charge in [0.05, 0.1) is 6.61 Å². The molecule has 2 aliphatic heterocycles. The Morgan fingerprint density at radius 2 is 2.13 bits per heavy atom. The molecule has 0 spiro atoms. The first kappa shape index (κ1) is 11.4. The molecule has 0 N–H and O–H groups in total. The highest BCUT2D eigenvalue weighted by Crippen LogP contribution is 2.25. The van der Waals surface area contributed by atoms with Crippen LogP contribution in [0.1, 0.15) is 33.1 Å². The molecule has 0 bridgehead atoms. The molecule has 0 saturated carbocycles. The molecule has 2 heteroatoms. The lowest BCUT2D eigenvalue weighted by Gasteiger charge is -2.19. The second-order valence-corrected chi connectivity index (χ2v) is 5.77. The minimum absolute atomic E-state index is 0.822. The second kappa shape index (κ2) is 5.31. The number of likely N-dealkylation sites (tertiary alicyclic amines) is 1. The molecule has 2 nitrogen and oxygen atoms in total. The van der Waals surface area contributed by atoms with E-state index in [1.165, 1.54) is 38.9 Å². The van der Waals surface area contributed by atoms with Gasteiger partial charge in [0, 0.05) is 19.7 Å². The van der Waals surface area contributed by atoms with Gasteiger partial charge in [-0.05, 0) is 43.6 Å². The number of ether oxygens (including phenoxy) is 1. The summed E-state index contributed by atoms with van der Waals surface area (Å²) in [6, 6.07) is 0. The van der Waals surface area contributed by atoms with Crippen molar-refractivity contribution >= 4 is 0 Å². The largest absolute Gasteiger partial charge is 0.381 e. The number of hydrogen-bond donors (Lipinski definition) is 0. The third kappa shape index (κ3) is 3.46. The van der Waals surface area contributed by atoms with E-state index < -0.39 is 0 Å². The van der Waals surface area contributed by atoms with Crippen molar-refractivity contribution in [1.29, 1.82) is 0 Å². The highest BCUT2D eigenvalue weighted by molar-refractivity contribution is 4.79. The second-order valence-electron chi connectivity index (χ2n) is 5.77. The summed E-state index contributed by atoms with van der Waals surface area (Å²) >= 11 is 0. The van der Waals surface area contributed by atoms with Gasteiger partial charge in [-0.25, -0.2) is 0 Å². The Morgan fingerprint density at radius 3 is 2.80 bits per heavy atom. The lowest BCUT2D eigenvalue weighted by Crippen LogP contribution is -2.27. The van der Waals surface area contributed by atoms with Gasteiger partial charge in [0.1, 0.15) is 0 Å². The average molecular weight is 211 g/mol. The molecule has 2 rings (SSSR count). The molecule has 2 atom stereocenters. The smallest absolute Gasteiger partial charge is 0.0507 e. The van der Waals surface area contributed by atoms with Crippen LogP contribution in [0.15, 0.2) is 0 Å². The number of nitrogens with zero attached hydrogens (tertiary/aromatic N) is 1. The fourth-order valence-electron chi connectivity index (χ4n) is 3.03. The van der Waals surface area contributed by atoms with Gasteiger partial charge in [-0.2, -0.15) is 0 Å². The van der Waals surface area contributed by atoms with Crippen LogP contribution in [0.25, 0.3) is 0 Å². The third-order valence-electron chi connectivity index (χ3n) is 3.72. The van der Waals surface area contributed by atoms with Crippen LogP contribution in [-0.4, -0.2) is 37.7 Å². The summed E-state index contributed by atoms with van der Waals surface area (Å²) in [7, 11) is 0. The molecule has 88 valence electrons. The SMILES string of the molecule is CC(C)CC1CCN(CC2CCOC2)C1. The molecular weight excluding hydrogens is 186 g/mol. The molecule has 0 aliphatic carbocycles. The van der Waals surface area contributed by atoms with Gasteiger partial charge < -0.3 is 9.64 Å². The van der Waals surface area contributed by atoms with Gasteiger partial charge in [0.15, 0.2) is 0 Å². The normalized spacial score (nSPS) is 33.0. The Bertz CT molecular complexity index is 187. The topological polar surface area (TPSA) is 12.5 Å². The van der Waals surface area contributed by atoms with E-state index in [-0.39, 0.29) is 0 Å². The van der Waals surface area contributed by atoms with Crippen LogP contribution in [0.3, 0.4) is 0 Å². The molecule has 15 heavy (non-hydrogen) atoms. The average Bonchev–Trinajstić information content (AvgIpc) is 2.77. The molecule has 2 aliphatic rings. The van der Waals surface area contributed by atoms with E-state index in [1.807, 2.05) is 0 Å². The lowest BCUT2D eigenvalue weighted by molar-refractivity contribution is 0.172. The molecule has 0 amide bonds. The zero-order valence-electron chi connectivity index (χ0n) is 10.2. The highest BCUT2D eigenvalue weighted by Gasteiger charge is 2.26. The summed E-state index contributed by atoms with van der Waals surface area (Å²) < 4.78 is 5.43. The summed E-state index contributed by atoms with van der Waals surface area (Å²) in [5.41, 5.74) is 0. The van der Waals surface area contributed by atoms with Crippen molar-refractivity contribution in [1.82, 2.24) is 4.90 Å². The first-order valence-corrected chi connectivity index (χ1v) is 6.54. The van der Waals surface area contributed by atoms with Crippen LogP contribution in [0, 0.1) is 17.8 Å². The van der Waals surface area contributed by atoms with E-state index in [2.05, 4.69) is 18.7 Å². The standard InChI is InChI=1S/C13H25NO/c1-11(2)7-12-3-5-14(8-12)9-13-4-6-15-10-13/h11-13H,3-10H2,1-2H3. The first-order valence-electron chi connectivity index (χ1n) is 6.54. The lowest BCUT2D eigenvalue weighted by atomic mass is 9.97. The Balaban J connectivity index is 1.67. The van der Waals surface area contributed by atoms with Crippen molar-refractivity contribution in [3.8, 4) is 0 Å². The summed E-state index contributed by atoms with van der Waals surface area (Å²) in [5, 5.41) is 0. The predicted molar refractivity (Wildman–Crippen MR) is 62.9 cm³/mol. The molecule has 0 radical (unpaired) electrons. The van der Waals surface area contributed by atoms with Crippen molar-refractivity contribution in [2.75, 3.05) is 32.8 Å². The minimum Gasteiger partial charge on any atom is -0.381 e. The van der Waals surface area contributed by atoms with Crippen molar-refractivity contribution in [2.45, 2.75) is 33.1 Å². The Hall–Kier alpha value is -0.0800. The van der Waals surface area contributed by atoms with E-state index in [0.717, 1.165) is 31.0 Å². The van der Waals surface area contributed by atoms with Gasteiger partial charge in [-0.3, -0.25) is 0 Å². The Labute approximate surface area is 94.0 Å². The van der Waals surface area contributed by atoms with Crippen LogP contribution >= 0.6 is 0 Å². The predicted octanol–water partition coefficient (Wildman–Crippen LogP) is 2.39. The molecule has 0 aromatic heterocycles. The van der Waals surface area contributed by atoms with Crippen molar-refractivity contribution in [2.24, 2.45) is 17.8 Å². The number of rotatable bonds is 4. The van der Waals surface area contributed by atoms with Gasteiger partial charge in [0.25, 0.3) is 0 Å². The van der Waals surface area contributed by atoms with Gasteiger partial charge >= 0.3 is 0 Å². The Morgan fingerprint density at radius 1 is 1.27 bits per heavy atom. The minimum atomic E-state index is 0.822. The van der Waals surface area contributed by atoms with E-state index in [1.54, 1.807) is 0 Å². The zero-order valence-corrected chi connectivity index (χ0v) is 10.2. The zero-order chi connectivity index (χ0) is 10.7. The van der Waals surface area contributed by atoms with E-state index in [0.29, 0.717) is 0 Å². The summed E-state index contributed by atoms with van der Waals surface area (Å²) in [6.45, 7) is 10.6. The van der Waals surface area contributed by atoms with E-state index in [4.69, 9.17) is 4.74 Å². The summed E-state index contributed by atoms with van der Waals surface area (Å²) in [4.78, 5) is 2.66. The third-order valence-corrected chi connectivity index (χ3v) is 3.72. The fourth-order valence-corrected chi connectivity index (χ4v) is 3.03. The van der Waals surface area contributed by atoms with Crippen LogP contribution in [0.2, 0.25) is 0 Å². The highest BCUT2D eigenvalue weighted by atomic mass is 16.5. The van der Waals surface area contributed by atoms with Crippen molar-refractivity contribution in [3.63, 3.8) is 0 Å². The van der Waals surface area contributed by atoms with E-state index in [9.17, 15) is 0 Å². The molecule has 2 fully saturated rings. The van der Waals surface area contributed by atoms with Crippen LogP contribution in [-0.2, 0) is 4.74 Å². The van der Waals surface area contributed by atoms with Gasteiger partial charge in [-0.1, -0.05) is 13.8 Å². The maximum atomic E-state index is 5.43. The summed E-state index contributed by atoms with van der Waals surface area (Å²) in [5.74, 6) is 2.65. The molecule has 0 aromatic rings. The molecule has 2 unspecified atom stereocenters. The molecular formula is C13H25NO. The maximum absolute atomic E-state index is 5.43. The maximum Gasteiger partial charge on any atom is 0.0507 e. The monoisotopic (exact) mass is 211 g/mol. The molecule has 0 aromatic carbocycles. The van der Waals surface area contributed by atoms with Gasteiger partial charge in [0.2, 0.25) is 0 Å². The van der Waals surface area contributed by atoms with Crippen LogP contribution in [0.5, 0.6) is 0 Å². The fraction of sp³-hybridized carbons (Fsp3) is 1.00. The molecule has 2 heterocycles. The van der Waals surface area contributed by atoms with Crippen molar-refractivity contribution < 1.29 is 4.74 Å². The van der Waals surface area contributed by atoms with Crippen LogP contribution < -0.4 is 0 Å². The van der Waals surface area contributed by atoms with Crippen LogP contribution in [0.4, 0.5) is 0 Å². The summed E-state index contributed by atoms with van der Waals surface area (Å²) in [6.07, 6.45) is 4.12. The number of hydrogen-bond acceptors (Lipinski definition) is 2. The first-order chi connectivity index (χ1) is 7.24. The van der Waals surface area contributed by atoms with Gasteiger partial charge in [-0.15, -0.1) is 0 Å². The van der Waals surface area contributed by atoms with Crippen molar-refractivity contribution in [3.05, 3.63) is 0 Å². The Kier molecular flexibility index (Phi) is 4.04.